The van der Waals surface area contributed by atoms with Gasteiger partial charge in [0.2, 0.25) is 5.95 Å². The Morgan fingerprint density at radius 2 is 1.78 bits per heavy atom. The zero-order valence-electron chi connectivity index (χ0n) is 21.2. The lowest BCUT2D eigenvalue weighted by molar-refractivity contribution is 0.122. The number of rotatable bonds is 8. The minimum Gasteiger partial charge on any atom is -0.496 e. The summed E-state index contributed by atoms with van der Waals surface area (Å²) in [4.78, 5) is 9.12. The number of methoxy groups -OCH3 is 2. The summed E-state index contributed by atoms with van der Waals surface area (Å²) in [6.07, 6.45) is 1.46. The minimum absolute atomic E-state index is 0.311. The molecule has 0 amide bonds. The van der Waals surface area contributed by atoms with Crippen molar-refractivity contribution in [3.63, 3.8) is 0 Å². The van der Waals surface area contributed by atoms with Crippen molar-refractivity contribution >= 4 is 34.4 Å². The number of hydrogen-bond acceptors (Lipinski definition) is 8. The van der Waals surface area contributed by atoms with Gasteiger partial charge in [0.1, 0.15) is 11.5 Å². The fourth-order valence-electron chi connectivity index (χ4n) is 4.71. The van der Waals surface area contributed by atoms with Gasteiger partial charge in [0.05, 0.1) is 43.4 Å². The normalized spacial score (nSPS) is 15.1. The molecule has 0 bridgehead atoms. The molecule has 0 saturated carbocycles. The predicted molar refractivity (Wildman–Crippen MR) is 147 cm³/mol. The third-order valence-corrected chi connectivity index (χ3v) is 6.76. The number of benzene rings is 2. The maximum Gasteiger partial charge on any atom is 0.245 e. The SMILES string of the molecule is COc1cc(N2CCN(C[C@H](C)O)CC2)ccc1Nc1ncc2ccc(-c3cc(Cl)ccc3OC)n2n1. The molecule has 9 nitrogen and oxygen atoms in total. The van der Waals surface area contributed by atoms with Gasteiger partial charge in [-0.05, 0) is 49.4 Å². The third-order valence-electron chi connectivity index (χ3n) is 6.53. The van der Waals surface area contributed by atoms with Crippen LogP contribution in [0.25, 0.3) is 16.8 Å². The molecule has 2 aromatic carbocycles. The number of anilines is 3. The maximum absolute atomic E-state index is 9.66. The van der Waals surface area contributed by atoms with Gasteiger partial charge in [-0.25, -0.2) is 9.50 Å². The van der Waals surface area contributed by atoms with Crippen molar-refractivity contribution in [2.45, 2.75) is 13.0 Å². The standard InChI is InChI=1S/C27H31ClN6O3/c1-18(35)17-32-10-12-33(13-11-32)20-5-7-23(26(15-20)37-3)30-27-29-16-21-6-8-24(34(21)31-27)22-14-19(28)4-9-25(22)36-2/h4-9,14-16,18,35H,10-13,17H2,1-3H3,(H,30,31)/t18-/m0/s1. The molecule has 2 N–H and O–H groups in total. The lowest BCUT2D eigenvalue weighted by Crippen LogP contribution is -2.48. The molecule has 1 atom stereocenters. The summed E-state index contributed by atoms with van der Waals surface area (Å²) in [6, 6.07) is 15.5. The van der Waals surface area contributed by atoms with Crippen LogP contribution in [0, 0.1) is 0 Å². The smallest absolute Gasteiger partial charge is 0.245 e. The molecule has 0 aliphatic carbocycles. The van der Waals surface area contributed by atoms with Gasteiger partial charge in [0, 0.05) is 55.1 Å². The lowest BCUT2D eigenvalue weighted by atomic mass is 10.1. The topological polar surface area (TPSA) is 87.4 Å². The Balaban J connectivity index is 1.38. The molecule has 0 radical (unpaired) electrons. The van der Waals surface area contributed by atoms with Gasteiger partial charge in [-0.2, -0.15) is 0 Å². The second-order valence-corrected chi connectivity index (χ2v) is 9.56. The molecule has 1 aliphatic heterocycles. The fraction of sp³-hybridized carbons (Fsp3) is 0.333. The molecule has 1 fully saturated rings. The number of aliphatic hydroxyl groups is 1. The molecule has 0 unspecified atom stereocenters. The van der Waals surface area contributed by atoms with Crippen LogP contribution in [-0.2, 0) is 0 Å². The van der Waals surface area contributed by atoms with Gasteiger partial charge in [0.25, 0.3) is 0 Å². The Morgan fingerprint density at radius 1 is 1.00 bits per heavy atom. The summed E-state index contributed by atoms with van der Waals surface area (Å²) < 4.78 is 13.1. The zero-order chi connectivity index (χ0) is 25.9. The van der Waals surface area contributed by atoms with E-state index in [9.17, 15) is 5.11 Å². The highest BCUT2D eigenvalue weighted by Gasteiger charge is 2.20. The molecule has 10 heteroatoms. The van der Waals surface area contributed by atoms with E-state index in [1.807, 2.05) is 47.8 Å². The van der Waals surface area contributed by atoms with Crippen LogP contribution in [0.3, 0.4) is 0 Å². The van der Waals surface area contributed by atoms with E-state index < -0.39 is 0 Å². The van der Waals surface area contributed by atoms with E-state index in [-0.39, 0.29) is 6.10 Å². The van der Waals surface area contributed by atoms with Crippen LogP contribution in [0.2, 0.25) is 5.02 Å². The van der Waals surface area contributed by atoms with E-state index in [1.165, 1.54) is 0 Å². The maximum atomic E-state index is 9.66. The first-order chi connectivity index (χ1) is 17.9. The van der Waals surface area contributed by atoms with Gasteiger partial charge in [0.15, 0.2) is 0 Å². The van der Waals surface area contributed by atoms with Crippen LogP contribution in [0.15, 0.2) is 54.7 Å². The van der Waals surface area contributed by atoms with Crippen LogP contribution >= 0.6 is 11.6 Å². The van der Waals surface area contributed by atoms with E-state index >= 15 is 0 Å². The Labute approximate surface area is 221 Å². The van der Waals surface area contributed by atoms with Crippen molar-refractivity contribution < 1.29 is 14.6 Å². The number of β-amino-alcohol motifs (C(OH)–C–C–N with tert-alkyl or cyclic N) is 1. The van der Waals surface area contributed by atoms with Gasteiger partial charge >= 0.3 is 0 Å². The first-order valence-electron chi connectivity index (χ1n) is 12.2. The van der Waals surface area contributed by atoms with Crippen LogP contribution in [0.4, 0.5) is 17.3 Å². The van der Waals surface area contributed by atoms with Crippen molar-refractivity contribution in [2.75, 3.05) is 57.2 Å². The van der Waals surface area contributed by atoms with Crippen molar-refractivity contribution in [1.82, 2.24) is 19.5 Å². The monoisotopic (exact) mass is 522 g/mol. The lowest BCUT2D eigenvalue weighted by Gasteiger charge is -2.36. The van der Waals surface area contributed by atoms with Crippen molar-refractivity contribution in [3.05, 3.63) is 59.8 Å². The second kappa shape index (κ2) is 10.8. The molecular formula is C27H31ClN6O3. The van der Waals surface area contributed by atoms with E-state index in [0.717, 1.165) is 54.3 Å². The second-order valence-electron chi connectivity index (χ2n) is 9.13. The molecule has 4 aromatic rings. The first kappa shape index (κ1) is 25.1. The van der Waals surface area contributed by atoms with Crippen molar-refractivity contribution in [1.29, 1.82) is 0 Å². The fourth-order valence-corrected chi connectivity index (χ4v) is 4.88. The highest BCUT2D eigenvalue weighted by atomic mass is 35.5. The molecule has 1 saturated heterocycles. The number of piperazine rings is 1. The molecular weight excluding hydrogens is 492 g/mol. The Hall–Kier alpha value is -3.53. The summed E-state index contributed by atoms with van der Waals surface area (Å²) >= 11 is 6.27. The molecule has 1 aliphatic rings. The predicted octanol–water partition coefficient (Wildman–Crippen LogP) is 4.31. The number of halogens is 1. The van der Waals surface area contributed by atoms with Gasteiger partial charge in [-0.3, -0.25) is 4.90 Å². The molecule has 2 aromatic heterocycles. The highest BCUT2D eigenvalue weighted by molar-refractivity contribution is 6.31. The highest BCUT2D eigenvalue weighted by Crippen LogP contribution is 2.34. The minimum atomic E-state index is -0.311. The summed E-state index contributed by atoms with van der Waals surface area (Å²) in [7, 11) is 3.29. The third kappa shape index (κ3) is 5.44. The van der Waals surface area contributed by atoms with Crippen molar-refractivity contribution in [2.24, 2.45) is 0 Å². The van der Waals surface area contributed by atoms with Crippen LogP contribution in [0.1, 0.15) is 6.92 Å². The molecule has 3 heterocycles. The van der Waals surface area contributed by atoms with Crippen LogP contribution in [0.5, 0.6) is 11.5 Å². The quantitative estimate of drug-likeness (QED) is 0.354. The average Bonchev–Trinajstić information content (AvgIpc) is 3.32. The van der Waals surface area contributed by atoms with E-state index in [0.29, 0.717) is 29.0 Å². The van der Waals surface area contributed by atoms with Crippen LogP contribution < -0.4 is 19.7 Å². The molecule has 37 heavy (non-hydrogen) atoms. The van der Waals surface area contributed by atoms with Gasteiger partial charge < -0.3 is 24.8 Å². The first-order valence-corrected chi connectivity index (χ1v) is 12.6. The number of aliphatic hydroxyl groups excluding tert-OH is 1. The number of nitrogens with zero attached hydrogens (tertiary/aromatic N) is 5. The van der Waals surface area contributed by atoms with E-state index in [1.54, 1.807) is 26.5 Å². The Morgan fingerprint density at radius 3 is 2.51 bits per heavy atom. The zero-order valence-corrected chi connectivity index (χ0v) is 21.9. The van der Waals surface area contributed by atoms with E-state index in [4.69, 9.17) is 26.2 Å². The van der Waals surface area contributed by atoms with Gasteiger partial charge in [-0.1, -0.05) is 11.6 Å². The Kier molecular flexibility index (Phi) is 7.36. The number of hydrogen-bond donors (Lipinski definition) is 2. The van der Waals surface area contributed by atoms with Crippen LogP contribution in [-0.4, -0.2) is 77.7 Å². The number of aromatic nitrogens is 3. The molecule has 194 valence electrons. The van der Waals surface area contributed by atoms with Crippen molar-refractivity contribution in [3.8, 4) is 22.8 Å². The molecule has 0 spiro atoms. The number of fused-ring (bicyclic) bond motifs is 1. The number of ether oxygens (including phenoxy) is 2. The average molecular weight is 523 g/mol. The summed E-state index contributed by atoms with van der Waals surface area (Å²) in [6.45, 7) is 6.15. The number of nitrogens with one attached hydrogen (secondary N) is 1. The van der Waals surface area contributed by atoms with E-state index in [2.05, 4.69) is 26.2 Å². The van der Waals surface area contributed by atoms with Gasteiger partial charge in [-0.15, -0.1) is 5.10 Å². The summed E-state index contributed by atoms with van der Waals surface area (Å²) in [5, 5.41) is 18.3. The summed E-state index contributed by atoms with van der Waals surface area (Å²) in [5.41, 5.74) is 4.40. The Bertz CT molecular complexity index is 1380. The molecule has 5 rings (SSSR count). The summed E-state index contributed by atoms with van der Waals surface area (Å²) in [5.74, 6) is 1.85. The largest absolute Gasteiger partial charge is 0.496 e.